The molecule has 1 aliphatic heterocycles. The quantitative estimate of drug-likeness (QED) is 0.937. The highest BCUT2D eigenvalue weighted by Crippen LogP contribution is 2.30. The van der Waals surface area contributed by atoms with Crippen molar-refractivity contribution in [2.24, 2.45) is 5.92 Å². The predicted molar refractivity (Wildman–Crippen MR) is 74.3 cm³/mol. The summed E-state index contributed by atoms with van der Waals surface area (Å²) in [5, 5.41) is 11.7. The van der Waals surface area contributed by atoms with E-state index in [9.17, 15) is 13.2 Å². The molecule has 1 atom stereocenters. The van der Waals surface area contributed by atoms with E-state index in [-0.39, 0.29) is 11.6 Å². The minimum absolute atomic E-state index is 0.176. The van der Waals surface area contributed by atoms with Gasteiger partial charge in [-0.25, -0.2) is 15.0 Å². The van der Waals surface area contributed by atoms with E-state index < -0.39 is 11.9 Å². The van der Waals surface area contributed by atoms with Gasteiger partial charge in [0.2, 0.25) is 0 Å². The van der Waals surface area contributed by atoms with Crippen molar-refractivity contribution in [3.8, 4) is 6.07 Å². The third-order valence-electron chi connectivity index (χ3n) is 3.72. The number of hydrogen-bond donors (Lipinski definition) is 1. The van der Waals surface area contributed by atoms with Gasteiger partial charge >= 0.3 is 6.18 Å². The van der Waals surface area contributed by atoms with Gasteiger partial charge in [-0.3, -0.25) is 0 Å². The molecule has 0 spiro atoms. The zero-order valence-corrected chi connectivity index (χ0v) is 12.0. The summed E-state index contributed by atoms with van der Waals surface area (Å²) in [6.45, 7) is 1.05. The standard InChI is InChI=1S/C14H13F3N6/c15-14(16,17)11-8-23-7-9(1-2-13(23)22-11)4-20-12-6-19-10(3-18)5-21-12/h5-6,8-9H,1-2,4,7H2,(H,20,21)/t9-/m0/s1. The summed E-state index contributed by atoms with van der Waals surface area (Å²) < 4.78 is 39.6. The lowest BCUT2D eigenvalue weighted by atomic mass is 9.99. The molecular weight excluding hydrogens is 309 g/mol. The number of fused-ring (bicyclic) bond motifs is 1. The van der Waals surface area contributed by atoms with Crippen LogP contribution in [0.5, 0.6) is 0 Å². The largest absolute Gasteiger partial charge is 0.434 e. The highest BCUT2D eigenvalue weighted by atomic mass is 19.4. The molecule has 0 saturated carbocycles. The lowest BCUT2D eigenvalue weighted by Gasteiger charge is -2.24. The molecule has 0 aromatic carbocycles. The summed E-state index contributed by atoms with van der Waals surface area (Å²) in [5.74, 6) is 1.19. The van der Waals surface area contributed by atoms with Gasteiger partial charge in [-0.15, -0.1) is 0 Å². The van der Waals surface area contributed by atoms with Crippen LogP contribution in [0.1, 0.15) is 23.6 Å². The van der Waals surface area contributed by atoms with E-state index in [1.54, 1.807) is 4.57 Å². The molecule has 6 nitrogen and oxygen atoms in total. The first-order valence-electron chi connectivity index (χ1n) is 7.05. The maximum Gasteiger partial charge on any atom is 0.434 e. The van der Waals surface area contributed by atoms with Gasteiger partial charge in [-0.05, 0) is 12.3 Å². The van der Waals surface area contributed by atoms with Crippen molar-refractivity contribution in [2.45, 2.75) is 25.6 Å². The van der Waals surface area contributed by atoms with Crippen LogP contribution >= 0.6 is 0 Å². The fraction of sp³-hybridized carbons (Fsp3) is 0.429. The van der Waals surface area contributed by atoms with Gasteiger partial charge in [0.1, 0.15) is 17.7 Å². The molecule has 9 heteroatoms. The fourth-order valence-electron chi connectivity index (χ4n) is 2.54. The first-order valence-corrected chi connectivity index (χ1v) is 7.05. The summed E-state index contributed by atoms with van der Waals surface area (Å²) in [6.07, 6.45) is 0.768. The Morgan fingerprint density at radius 2 is 2.17 bits per heavy atom. The molecule has 1 aliphatic rings. The number of imidazole rings is 1. The summed E-state index contributed by atoms with van der Waals surface area (Å²) in [5.41, 5.74) is -0.602. The van der Waals surface area contributed by atoms with Crippen LogP contribution in [0.4, 0.5) is 19.0 Å². The van der Waals surface area contributed by atoms with Crippen molar-refractivity contribution < 1.29 is 13.2 Å². The number of nitrogens with one attached hydrogen (secondary N) is 1. The van der Waals surface area contributed by atoms with Crippen LogP contribution in [0.25, 0.3) is 0 Å². The molecule has 2 aromatic rings. The van der Waals surface area contributed by atoms with Crippen LogP contribution in [0.3, 0.4) is 0 Å². The van der Waals surface area contributed by atoms with Gasteiger partial charge in [0, 0.05) is 25.7 Å². The number of aryl methyl sites for hydroxylation is 1. The number of hydrogen-bond acceptors (Lipinski definition) is 5. The van der Waals surface area contributed by atoms with Crippen LogP contribution in [-0.4, -0.2) is 26.1 Å². The Hall–Kier alpha value is -2.63. The number of nitrogens with zero attached hydrogens (tertiary/aromatic N) is 5. The number of halogens is 3. The number of alkyl halides is 3. The van der Waals surface area contributed by atoms with Crippen molar-refractivity contribution in [3.05, 3.63) is 35.8 Å². The van der Waals surface area contributed by atoms with Crippen molar-refractivity contribution in [2.75, 3.05) is 11.9 Å². The van der Waals surface area contributed by atoms with Gasteiger partial charge in [-0.1, -0.05) is 0 Å². The predicted octanol–water partition coefficient (Wildman–Crippen LogP) is 2.24. The second-order valence-corrected chi connectivity index (χ2v) is 5.38. The number of rotatable bonds is 3. The average Bonchev–Trinajstić information content (AvgIpc) is 2.97. The van der Waals surface area contributed by atoms with Gasteiger partial charge < -0.3 is 9.88 Å². The molecule has 0 amide bonds. The second-order valence-electron chi connectivity index (χ2n) is 5.38. The summed E-state index contributed by atoms with van der Waals surface area (Å²) in [6, 6.07) is 1.88. The van der Waals surface area contributed by atoms with Crippen LogP contribution in [0, 0.1) is 17.2 Å². The normalized spacial score (nSPS) is 17.4. The van der Waals surface area contributed by atoms with Crippen molar-refractivity contribution in [3.63, 3.8) is 0 Å². The van der Waals surface area contributed by atoms with E-state index in [0.29, 0.717) is 31.2 Å². The topological polar surface area (TPSA) is 79.4 Å². The van der Waals surface area contributed by atoms with Crippen molar-refractivity contribution >= 4 is 5.82 Å². The van der Waals surface area contributed by atoms with E-state index in [2.05, 4.69) is 20.3 Å². The fourth-order valence-corrected chi connectivity index (χ4v) is 2.54. The third-order valence-corrected chi connectivity index (χ3v) is 3.72. The molecule has 0 fully saturated rings. The molecule has 3 rings (SSSR count). The van der Waals surface area contributed by atoms with Crippen LogP contribution in [-0.2, 0) is 19.1 Å². The van der Waals surface area contributed by atoms with Gasteiger partial charge in [0.05, 0.1) is 12.4 Å². The summed E-state index contributed by atoms with van der Waals surface area (Å²) >= 11 is 0. The Morgan fingerprint density at radius 3 is 2.83 bits per heavy atom. The maximum atomic E-state index is 12.7. The Balaban J connectivity index is 1.61. The van der Waals surface area contributed by atoms with Crippen LogP contribution in [0.15, 0.2) is 18.6 Å². The average molecular weight is 322 g/mol. The Morgan fingerprint density at radius 1 is 1.35 bits per heavy atom. The molecule has 1 N–H and O–H groups in total. The van der Waals surface area contributed by atoms with Gasteiger partial charge in [0.25, 0.3) is 0 Å². The number of anilines is 1. The van der Waals surface area contributed by atoms with Crippen LogP contribution < -0.4 is 5.32 Å². The van der Waals surface area contributed by atoms with Crippen molar-refractivity contribution in [1.29, 1.82) is 5.26 Å². The highest BCUT2D eigenvalue weighted by Gasteiger charge is 2.35. The molecule has 3 heterocycles. The zero-order chi connectivity index (χ0) is 16.4. The molecule has 120 valence electrons. The Kier molecular flexibility index (Phi) is 3.90. The lowest BCUT2D eigenvalue weighted by Crippen LogP contribution is -2.26. The van der Waals surface area contributed by atoms with Crippen LogP contribution in [0.2, 0.25) is 0 Å². The minimum Gasteiger partial charge on any atom is -0.368 e. The summed E-state index contributed by atoms with van der Waals surface area (Å²) in [7, 11) is 0. The minimum atomic E-state index is -4.41. The Labute approximate surface area is 130 Å². The maximum absolute atomic E-state index is 12.7. The molecule has 23 heavy (non-hydrogen) atoms. The Bertz CT molecular complexity index is 728. The monoisotopic (exact) mass is 322 g/mol. The third kappa shape index (κ3) is 3.41. The molecular formula is C14H13F3N6. The van der Waals surface area contributed by atoms with Crippen molar-refractivity contribution in [1.82, 2.24) is 19.5 Å². The van der Waals surface area contributed by atoms with E-state index in [1.165, 1.54) is 12.4 Å². The molecule has 0 aliphatic carbocycles. The lowest BCUT2D eigenvalue weighted by molar-refractivity contribution is -0.141. The van der Waals surface area contributed by atoms with E-state index in [0.717, 1.165) is 12.6 Å². The number of nitriles is 1. The SMILES string of the molecule is N#Cc1cnc(NC[C@@H]2CCc3nc(C(F)(F)F)cn3C2)cn1. The molecule has 0 bridgehead atoms. The summed E-state index contributed by atoms with van der Waals surface area (Å²) in [4.78, 5) is 11.6. The molecule has 0 saturated heterocycles. The molecule has 0 radical (unpaired) electrons. The first kappa shape index (κ1) is 15.3. The second kappa shape index (κ2) is 5.87. The zero-order valence-electron chi connectivity index (χ0n) is 12.0. The van der Waals surface area contributed by atoms with Gasteiger partial charge in [-0.2, -0.15) is 18.4 Å². The van der Waals surface area contributed by atoms with E-state index >= 15 is 0 Å². The molecule has 0 unspecified atom stereocenters. The van der Waals surface area contributed by atoms with E-state index in [1.807, 2.05) is 6.07 Å². The number of aromatic nitrogens is 4. The highest BCUT2D eigenvalue weighted by molar-refractivity contribution is 5.33. The van der Waals surface area contributed by atoms with Gasteiger partial charge in [0.15, 0.2) is 11.4 Å². The molecule has 2 aromatic heterocycles. The first-order chi connectivity index (χ1) is 11.0. The van der Waals surface area contributed by atoms with E-state index in [4.69, 9.17) is 5.26 Å². The smallest absolute Gasteiger partial charge is 0.368 e.